The zero-order chi connectivity index (χ0) is 12.8. The van der Waals surface area contributed by atoms with Crippen LogP contribution < -0.4 is 0 Å². The molecule has 3 nitrogen and oxygen atoms in total. The Hall–Kier alpha value is 0.0900. The number of piperidine rings is 2. The van der Waals surface area contributed by atoms with E-state index in [1.165, 1.54) is 24.2 Å². The van der Waals surface area contributed by atoms with Crippen molar-refractivity contribution in [2.24, 2.45) is 0 Å². The minimum absolute atomic E-state index is 0.239. The highest BCUT2D eigenvalue weighted by Crippen LogP contribution is 2.39. The molecule has 1 aromatic heterocycles. The van der Waals surface area contributed by atoms with Crippen LogP contribution in [0.3, 0.4) is 0 Å². The maximum atomic E-state index is 12.7. The van der Waals surface area contributed by atoms with Crippen LogP contribution in [0.1, 0.15) is 38.5 Å². The highest BCUT2D eigenvalue weighted by Gasteiger charge is 2.42. The zero-order valence-corrected chi connectivity index (χ0v) is 13.2. The van der Waals surface area contributed by atoms with Crippen LogP contribution in [0, 0.1) is 0 Å². The standard InChI is InChI=1S/C12H16BrNO2S2/c13-11-7-8-12(17-11)18(15,16)14-9-3-1-4-10(14)6-2-5-9/h7-10H,1-6H2. The summed E-state index contributed by atoms with van der Waals surface area (Å²) in [5.74, 6) is 0. The zero-order valence-electron chi connectivity index (χ0n) is 10.0. The Bertz CT molecular complexity index is 518. The molecule has 2 aliphatic heterocycles. The molecule has 100 valence electrons. The number of sulfonamides is 1. The Morgan fingerprint density at radius 1 is 1.11 bits per heavy atom. The van der Waals surface area contributed by atoms with Gasteiger partial charge in [0.2, 0.25) is 0 Å². The lowest BCUT2D eigenvalue weighted by Crippen LogP contribution is -2.52. The quantitative estimate of drug-likeness (QED) is 0.817. The molecular formula is C12H16BrNO2S2. The summed E-state index contributed by atoms with van der Waals surface area (Å²) in [6.45, 7) is 0. The molecule has 0 radical (unpaired) electrons. The van der Waals surface area contributed by atoms with E-state index in [0.29, 0.717) is 4.21 Å². The number of nitrogens with zero attached hydrogens (tertiary/aromatic N) is 1. The van der Waals surface area contributed by atoms with E-state index in [0.717, 1.165) is 29.5 Å². The molecule has 0 N–H and O–H groups in total. The minimum atomic E-state index is -3.28. The molecule has 0 atom stereocenters. The SMILES string of the molecule is O=S(=O)(c1ccc(Br)s1)N1C2CCCC1CCC2. The molecule has 2 bridgehead atoms. The third-order valence-corrected chi connectivity index (χ3v) is 8.05. The molecule has 0 amide bonds. The van der Waals surface area contributed by atoms with Crippen molar-refractivity contribution in [1.82, 2.24) is 4.31 Å². The predicted molar refractivity (Wildman–Crippen MR) is 76.3 cm³/mol. The summed E-state index contributed by atoms with van der Waals surface area (Å²) in [5.41, 5.74) is 0. The van der Waals surface area contributed by atoms with Gasteiger partial charge in [-0.1, -0.05) is 12.8 Å². The Balaban J connectivity index is 1.98. The van der Waals surface area contributed by atoms with Crippen molar-refractivity contribution in [3.05, 3.63) is 15.9 Å². The van der Waals surface area contributed by atoms with Gasteiger partial charge in [0.15, 0.2) is 0 Å². The van der Waals surface area contributed by atoms with Gasteiger partial charge in [-0.15, -0.1) is 11.3 Å². The fourth-order valence-corrected chi connectivity index (χ4v) is 7.25. The molecule has 2 fully saturated rings. The van der Waals surface area contributed by atoms with E-state index >= 15 is 0 Å². The summed E-state index contributed by atoms with van der Waals surface area (Å²) < 4.78 is 28.6. The smallest absolute Gasteiger partial charge is 0.206 e. The van der Waals surface area contributed by atoms with Crippen LogP contribution in [0.4, 0.5) is 0 Å². The second-order valence-electron chi connectivity index (χ2n) is 5.06. The van der Waals surface area contributed by atoms with Gasteiger partial charge >= 0.3 is 0 Å². The average Bonchev–Trinajstić information content (AvgIpc) is 2.75. The van der Waals surface area contributed by atoms with E-state index in [4.69, 9.17) is 0 Å². The van der Waals surface area contributed by atoms with Crippen molar-refractivity contribution < 1.29 is 8.42 Å². The number of halogens is 1. The summed E-state index contributed by atoms with van der Waals surface area (Å²) in [5, 5.41) is 0. The van der Waals surface area contributed by atoms with E-state index in [9.17, 15) is 8.42 Å². The number of rotatable bonds is 2. The van der Waals surface area contributed by atoms with Crippen LogP contribution in [0.2, 0.25) is 0 Å². The number of thiophene rings is 1. The first-order chi connectivity index (χ1) is 8.59. The van der Waals surface area contributed by atoms with Gasteiger partial charge in [-0.25, -0.2) is 8.42 Å². The second kappa shape index (κ2) is 4.89. The molecule has 2 saturated heterocycles. The first kappa shape index (κ1) is 13.1. The van der Waals surface area contributed by atoms with E-state index < -0.39 is 10.0 Å². The molecule has 0 unspecified atom stereocenters. The Labute approximate surface area is 120 Å². The maximum absolute atomic E-state index is 12.7. The lowest BCUT2D eigenvalue weighted by Gasteiger charge is -2.44. The Kier molecular flexibility index (Phi) is 3.55. The van der Waals surface area contributed by atoms with Gasteiger partial charge in [0.05, 0.1) is 3.79 Å². The fourth-order valence-electron chi connectivity index (χ4n) is 3.21. The number of hydrogen-bond donors (Lipinski definition) is 0. The Morgan fingerprint density at radius 3 is 2.11 bits per heavy atom. The molecular weight excluding hydrogens is 334 g/mol. The minimum Gasteiger partial charge on any atom is -0.206 e. The van der Waals surface area contributed by atoms with Gasteiger partial charge in [-0.05, 0) is 53.7 Å². The van der Waals surface area contributed by atoms with Crippen LogP contribution in [0.15, 0.2) is 20.1 Å². The third kappa shape index (κ3) is 2.17. The average molecular weight is 350 g/mol. The monoisotopic (exact) mass is 349 g/mol. The van der Waals surface area contributed by atoms with Crippen molar-refractivity contribution in [3.8, 4) is 0 Å². The molecule has 18 heavy (non-hydrogen) atoms. The summed E-state index contributed by atoms with van der Waals surface area (Å²) >= 11 is 4.66. The van der Waals surface area contributed by atoms with E-state index in [2.05, 4.69) is 15.9 Å². The molecule has 0 aliphatic carbocycles. The first-order valence-electron chi connectivity index (χ1n) is 6.38. The van der Waals surface area contributed by atoms with E-state index in [1.807, 2.05) is 10.4 Å². The number of hydrogen-bond acceptors (Lipinski definition) is 3. The van der Waals surface area contributed by atoms with Gasteiger partial charge in [-0.2, -0.15) is 4.31 Å². The van der Waals surface area contributed by atoms with Crippen molar-refractivity contribution in [2.45, 2.75) is 54.8 Å². The van der Waals surface area contributed by atoms with Crippen LogP contribution in [0.25, 0.3) is 0 Å². The second-order valence-corrected chi connectivity index (χ2v) is 9.60. The lowest BCUT2D eigenvalue weighted by molar-refractivity contribution is 0.124. The highest BCUT2D eigenvalue weighted by atomic mass is 79.9. The van der Waals surface area contributed by atoms with Crippen molar-refractivity contribution in [2.75, 3.05) is 0 Å². The maximum Gasteiger partial charge on any atom is 0.253 e. The lowest BCUT2D eigenvalue weighted by atomic mass is 9.87. The molecule has 6 heteroatoms. The Morgan fingerprint density at radius 2 is 1.67 bits per heavy atom. The summed E-state index contributed by atoms with van der Waals surface area (Å²) in [7, 11) is -3.28. The summed E-state index contributed by atoms with van der Waals surface area (Å²) in [6.07, 6.45) is 6.47. The molecule has 0 spiro atoms. The van der Waals surface area contributed by atoms with Gasteiger partial charge in [0.25, 0.3) is 10.0 Å². The fraction of sp³-hybridized carbons (Fsp3) is 0.667. The molecule has 3 rings (SSSR count). The van der Waals surface area contributed by atoms with Crippen LogP contribution in [-0.2, 0) is 10.0 Å². The van der Waals surface area contributed by atoms with Crippen molar-refractivity contribution in [1.29, 1.82) is 0 Å². The topological polar surface area (TPSA) is 37.4 Å². The van der Waals surface area contributed by atoms with Crippen LogP contribution in [-0.4, -0.2) is 24.8 Å². The van der Waals surface area contributed by atoms with Crippen molar-refractivity contribution >= 4 is 37.3 Å². The molecule has 0 saturated carbocycles. The molecule has 1 aromatic rings. The van der Waals surface area contributed by atoms with E-state index in [1.54, 1.807) is 6.07 Å². The van der Waals surface area contributed by atoms with E-state index in [-0.39, 0.29) is 12.1 Å². The van der Waals surface area contributed by atoms with Crippen molar-refractivity contribution in [3.63, 3.8) is 0 Å². The normalized spacial score (nSPS) is 29.4. The third-order valence-electron chi connectivity index (χ3n) is 3.95. The summed E-state index contributed by atoms with van der Waals surface area (Å²) in [6, 6.07) is 4.01. The molecule has 3 heterocycles. The van der Waals surface area contributed by atoms with Gasteiger partial charge in [-0.3, -0.25) is 0 Å². The van der Waals surface area contributed by atoms with Crippen LogP contribution in [0.5, 0.6) is 0 Å². The van der Waals surface area contributed by atoms with Crippen LogP contribution >= 0.6 is 27.3 Å². The highest BCUT2D eigenvalue weighted by molar-refractivity contribution is 9.11. The van der Waals surface area contributed by atoms with Gasteiger partial charge < -0.3 is 0 Å². The summed E-state index contributed by atoms with van der Waals surface area (Å²) in [4.78, 5) is 0. The largest absolute Gasteiger partial charge is 0.253 e. The van der Waals surface area contributed by atoms with Gasteiger partial charge in [0.1, 0.15) is 4.21 Å². The van der Waals surface area contributed by atoms with Gasteiger partial charge in [0, 0.05) is 12.1 Å². The first-order valence-corrected chi connectivity index (χ1v) is 9.43. The predicted octanol–water partition coefficient (Wildman–Crippen LogP) is 3.61. The number of fused-ring (bicyclic) bond motifs is 2. The molecule has 0 aromatic carbocycles. The molecule has 2 aliphatic rings.